The molecule has 3 aliphatic rings. The maximum atomic E-state index is 12.9. The van der Waals surface area contributed by atoms with Gasteiger partial charge in [-0.2, -0.15) is 0 Å². The number of rotatable bonds is 6. The highest BCUT2D eigenvalue weighted by Gasteiger charge is 2.39. The SMILES string of the molecule is O=C1CCC(N2Cc3cc(CNCc4ccccc4N4CCNCC4)ccc3C2=O)C(=O)N1. The smallest absolute Gasteiger partial charge is 0.255 e. The van der Waals surface area contributed by atoms with Crippen LogP contribution in [0.1, 0.15) is 39.9 Å². The van der Waals surface area contributed by atoms with Gasteiger partial charge in [-0.05, 0) is 35.2 Å². The van der Waals surface area contributed by atoms with Gasteiger partial charge in [0.15, 0.2) is 0 Å². The maximum Gasteiger partial charge on any atom is 0.255 e. The Kier molecular flexibility index (Phi) is 6.11. The third-order valence-corrected chi connectivity index (χ3v) is 6.68. The number of imide groups is 1. The molecule has 5 rings (SSSR count). The number of anilines is 1. The highest BCUT2D eigenvalue weighted by molar-refractivity contribution is 6.05. The molecule has 3 heterocycles. The molecule has 33 heavy (non-hydrogen) atoms. The Morgan fingerprint density at radius 2 is 1.82 bits per heavy atom. The number of hydrogen-bond acceptors (Lipinski definition) is 6. The number of fused-ring (bicyclic) bond motifs is 1. The van der Waals surface area contributed by atoms with E-state index in [2.05, 4.69) is 45.1 Å². The lowest BCUT2D eigenvalue weighted by Crippen LogP contribution is -2.52. The van der Waals surface area contributed by atoms with Crippen molar-refractivity contribution in [3.8, 4) is 0 Å². The Labute approximate surface area is 193 Å². The number of piperidine rings is 1. The number of para-hydroxylation sites is 1. The largest absolute Gasteiger partial charge is 0.369 e. The first-order chi connectivity index (χ1) is 16.1. The fourth-order valence-corrected chi connectivity index (χ4v) is 4.95. The molecule has 8 heteroatoms. The first-order valence-corrected chi connectivity index (χ1v) is 11.6. The van der Waals surface area contributed by atoms with E-state index in [0.29, 0.717) is 25.1 Å². The third kappa shape index (κ3) is 4.49. The van der Waals surface area contributed by atoms with E-state index in [0.717, 1.165) is 43.9 Å². The van der Waals surface area contributed by atoms with Crippen molar-refractivity contribution >= 4 is 23.4 Å². The molecule has 0 aliphatic carbocycles. The quantitative estimate of drug-likeness (QED) is 0.576. The highest BCUT2D eigenvalue weighted by atomic mass is 16.2. The van der Waals surface area contributed by atoms with E-state index < -0.39 is 6.04 Å². The second-order valence-electron chi connectivity index (χ2n) is 8.86. The average Bonchev–Trinajstić information content (AvgIpc) is 3.15. The van der Waals surface area contributed by atoms with Crippen LogP contribution >= 0.6 is 0 Å². The number of amides is 3. The van der Waals surface area contributed by atoms with Gasteiger partial charge in [0.25, 0.3) is 5.91 Å². The Morgan fingerprint density at radius 3 is 2.64 bits per heavy atom. The van der Waals surface area contributed by atoms with Crippen molar-refractivity contribution in [2.24, 2.45) is 0 Å². The van der Waals surface area contributed by atoms with Crippen molar-refractivity contribution < 1.29 is 14.4 Å². The molecular weight excluding hydrogens is 418 g/mol. The zero-order chi connectivity index (χ0) is 22.8. The monoisotopic (exact) mass is 447 g/mol. The van der Waals surface area contributed by atoms with Crippen LogP contribution in [0.15, 0.2) is 42.5 Å². The van der Waals surface area contributed by atoms with Gasteiger partial charge < -0.3 is 20.4 Å². The number of piperazine rings is 1. The summed E-state index contributed by atoms with van der Waals surface area (Å²) in [6, 6.07) is 13.8. The molecule has 3 amide bonds. The summed E-state index contributed by atoms with van der Waals surface area (Å²) in [5.41, 5.74) is 5.25. The van der Waals surface area contributed by atoms with E-state index in [1.54, 1.807) is 4.90 Å². The minimum Gasteiger partial charge on any atom is -0.369 e. The van der Waals surface area contributed by atoms with Crippen molar-refractivity contribution in [2.75, 3.05) is 31.1 Å². The van der Waals surface area contributed by atoms with Gasteiger partial charge in [-0.25, -0.2) is 0 Å². The Morgan fingerprint density at radius 1 is 1.00 bits per heavy atom. The van der Waals surface area contributed by atoms with Crippen LogP contribution in [0, 0.1) is 0 Å². The van der Waals surface area contributed by atoms with Crippen molar-refractivity contribution in [3.05, 3.63) is 64.7 Å². The lowest BCUT2D eigenvalue weighted by Gasteiger charge is -2.31. The van der Waals surface area contributed by atoms with Crippen molar-refractivity contribution in [2.45, 2.75) is 38.5 Å². The van der Waals surface area contributed by atoms with Gasteiger partial charge in [-0.3, -0.25) is 19.7 Å². The molecule has 0 bridgehead atoms. The molecule has 0 spiro atoms. The van der Waals surface area contributed by atoms with Crippen LogP contribution in [-0.4, -0.2) is 54.8 Å². The number of nitrogens with one attached hydrogen (secondary N) is 3. The first kappa shape index (κ1) is 21.6. The fraction of sp³-hybridized carbons (Fsp3) is 0.400. The lowest BCUT2D eigenvalue weighted by molar-refractivity contribution is -0.136. The van der Waals surface area contributed by atoms with E-state index in [1.165, 1.54) is 11.3 Å². The average molecular weight is 448 g/mol. The number of carbonyl (C=O) groups is 3. The van der Waals surface area contributed by atoms with Gasteiger partial charge in [0, 0.05) is 63.5 Å². The van der Waals surface area contributed by atoms with Gasteiger partial charge in [0.05, 0.1) is 0 Å². The fourth-order valence-electron chi connectivity index (χ4n) is 4.95. The zero-order valence-corrected chi connectivity index (χ0v) is 18.6. The van der Waals surface area contributed by atoms with Crippen LogP contribution < -0.4 is 20.9 Å². The predicted octanol–water partition coefficient (Wildman–Crippen LogP) is 1.15. The molecule has 1 unspecified atom stereocenters. The Bertz CT molecular complexity index is 1080. The number of nitrogens with zero attached hydrogens (tertiary/aromatic N) is 2. The molecule has 0 aromatic heterocycles. The van der Waals surface area contributed by atoms with Gasteiger partial charge >= 0.3 is 0 Å². The molecule has 8 nitrogen and oxygen atoms in total. The summed E-state index contributed by atoms with van der Waals surface area (Å²) < 4.78 is 0. The summed E-state index contributed by atoms with van der Waals surface area (Å²) in [6.45, 7) is 5.89. The molecule has 3 aliphatic heterocycles. The zero-order valence-electron chi connectivity index (χ0n) is 18.6. The Hall–Kier alpha value is -3.23. The molecule has 0 radical (unpaired) electrons. The normalized spacial score (nSPS) is 20.7. The minimum absolute atomic E-state index is 0.135. The van der Waals surface area contributed by atoms with Gasteiger partial charge in [-0.1, -0.05) is 30.3 Å². The van der Waals surface area contributed by atoms with Crippen molar-refractivity contribution in [1.29, 1.82) is 0 Å². The predicted molar refractivity (Wildman–Crippen MR) is 125 cm³/mol. The maximum absolute atomic E-state index is 12.9. The van der Waals surface area contributed by atoms with Gasteiger partial charge in [-0.15, -0.1) is 0 Å². The van der Waals surface area contributed by atoms with Gasteiger partial charge in [0.1, 0.15) is 6.04 Å². The van der Waals surface area contributed by atoms with Crippen LogP contribution in [0.5, 0.6) is 0 Å². The second kappa shape index (κ2) is 9.33. The van der Waals surface area contributed by atoms with Crippen LogP contribution in [-0.2, 0) is 29.2 Å². The van der Waals surface area contributed by atoms with Crippen LogP contribution in [0.2, 0.25) is 0 Å². The summed E-state index contributed by atoms with van der Waals surface area (Å²) in [4.78, 5) is 40.6. The summed E-state index contributed by atoms with van der Waals surface area (Å²) in [5, 5.41) is 9.29. The summed E-state index contributed by atoms with van der Waals surface area (Å²) in [7, 11) is 0. The second-order valence-corrected chi connectivity index (χ2v) is 8.86. The third-order valence-electron chi connectivity index (χ3n) is 6.68. The molecule has 0 saturated carbocycles. The van der Waals surface area contributed by atoms with E-state index in [4.69, 9.17) is 0 Å². The standard InChI is InChI=1S/C25H29N5O3/c31-23-8-7-22(24(32)28-23)30-16-19-13-17(5-6-20(19)25(30)33)14-27-15-18-3-1-2-4-21(18)29-11-9-26-10-12-29/h1-6,13,22,26-27H,7-12,14-16H2,(H,28,31,32). The minimum atomic E-state index is -0.578. The first-order valence-electron chi connectivity index (χ1n) is 11.6. The lowest BCUT2D eigenvalue weighted by atomic mass is 10.0. The molecule has 172 valence electrons. The highest BCUT2D eigenvalue weighted by Crippen LogP contribution is 2.28. The number of benzene rings is 2. The van der Waals surface area contributed by atoms with E-state index in [-0.39, 0.29) is 24.1 Å². The van der Waals surface area contributed by atoms with E-state index in [1.807, 2.05) is 18.2 Å². The molecule has 2 fully saturated rings. The van der Waals surface area contributed by atoms with Crippen LogP contribution in [0.25, 0.3) is 0 Å². The number of hydrogen-bond donors (Lipinski definition) is 3. The molecule has 2 aromatic carbocycles. The van der Waals surface area contributed by atoms with Gasteiger partial charge in [0.2, 0.25) is 11.8 Å². The van der Waals surface area contributed by atoms with Crippen molar-refractivity contribution in [1.82, 2.24) is 20.9 Å². The molecule has 3 N–H and O–H groups in total. The summed E-state index contributed by atoms with van der Waals surface area (Å²) in [5.74, 6) is -0.784. The molecule has 2 aromatic rings. The molecular formula is C25H29N5O3. The Balaban J connectivity index is 1.22. The molecule has 1 atom stereocenters. The van der Waals surface area contributed by atoms with E-state index in [9.17, 15) is 14.4 Å². The van der Waals surface area contributed by atoms with Crippen LogP contribution in [0.3, 0.4) is 0 Å². The van der Waals surface area contributed by atoms with Crippen molar-refractivity contribution in [3.63, 3.8) is 0 Å². The summed E-state index contributed by atoms with van der Waals surface area (Å²) >= 11 is 0. The molecule has 2 saturated heterocycles. The van der Waals surface area contributed by atoms with E-state index >= 15 is 0 Å². The summed E-state index contributed by atoms with van der Waals surface area (Å²) in [6.07, 6.45) is 0.645. The number of carbonyl (C=O) groups excluding carboxylic acids is 3. The topological polar surface area (TPSA) is 93.8 Å². The van der Waals surface area contributed by atoms with Crippen LogP contribution in [0.4, 0.5) is 5.69 Å².